The first kappa shape index (κ1) is 9.79. The van der Waals surface area contributed by atoms with Gasteiger partial charge < -0.3 is 15.6 Å². The summed E-state index contributed by atoms with van der Waals surface area (Å²) >= 11 is 1.21. The molecule has 0 saturated carbocycles. The molecule has 3 N–H and O–H groups in total. The summed E-state index contributed by atoms with van der Waals surface area (Å²) in [6.07, 6.45) is 0. The van der Waals surface area contributed by atoms with Crippen LogP contribution in [-0.4, -0.2) is 18.2 Å². The van der Waals surface area contributed by atoms with E-state index in [9.17, 15) is 9.90 Å². The van der Waals surface area contributed by atoms with Gasteiger partial charge in [-0.15, -0.1) is 11.3 Å². The van der Waals surface area contributed by atoms with Gasteiger partial charge in [0, 0.05) is 4.70 Å². The molecule has 0 saturated heterocycles. The molecular weight excluding hydrogens is 214 g/mol. The third-order valence-electron chi connectivity index (χ3n) is 2.10. The molecule has 0 aliphatic rings. The minimum atomic E-state index is -0.479. The van der Waals surface area contributed by atoms with E-state index in [-0.39, 0.29) is 11.4 Å². The predicted octanol–water partition coefficient (Wildman–Crippen LogP) is 1.98. The number of phenolic OH excluding ortho intramolecular Hbond substituents is 1. The number of carbonyl (C=O) groups is 1. The van der Waals surface area contributed by atoms with E-state index in [0.29, 0.717) is 10.3 Å². The Hall–Kier alpha value is -1.75. The Kier molecular flexibility index (Phi) is 2.24. The average Bonchev–Trinajstić information content (AvgIpc) is 2.56. The predicted molar refractivity (Wildman–Crippen MR) is 59.2 cm³/mol. The lowest BCUT2D eigenvalue weighted by atomic mass is 10.2. The number of esters is 1. The van der Waals surface area contributed by atoms with E-state index in [4.69, 9.17) is 5.73 Å². The fourth-order valence-electron chi connectivity index (χ4n) is 1.40. The minimum absolute atomic E-state index is 0.0800. The molecule has 0 aliphatic heterocycles. The van der Waals surface area contributed by atoms with Crippen molar-refractivity contribution in [1.82, 2.24) is 0 Å². The third kappa shape index (κ3) is 1.41. The van der Waals surface area contributed by atoms with Crippen LogP contribution in [0.4, 0.5) is 5.69 Å². The minimum Gasteiger partial charge on any atom is -0.507 e. The SMILES string of the molecule is COC(=O)c1sc2cccc(O)c2c1N. The smallest absolute Gasteiger partial charge is 0.350 e. The molecule has 0 aliphatic carbocycles. The van der Waals surface area contributed by atoms with E-state index in [2.05, 4.69) is 4.74 Å². The van der Waals surface area contributed by atoms with Crippen LogP contribution in [0.25, 0.3) is 10.1 Å². The lowest BCUT2D eigenvalue weighted by Crippen LogP contribution is -2.01. The summed E-state index contributed by atoms with van der Waals surface area (Å²) in [6.45, 7) is 0. The number of nitrogens with two attached hydrogens (primary N) is 1. The van der Waals surface area contributed by atoms with Crippen molar-refractivity contribution in [3.05, 3.63) is 23.1 Å². The first-order valence-electron chi connectivity index (χ1n) is 4.23. The Labute approximate surface area is 89.9 Å². The highest BCUT2D eigenvalue weighted by Crippen LogP contribution is 2.38. The molecule has 1 aromatic carbocycles. The van der Waals surface area contributed by atoms with Gasteiger partial charge in [0.15, 0.2) is 0 Å². The molecule has 0 bridgehead atoms. The zero-order valence-corrected chi connectivity index (χ0v) is 8.80. The van der Waals surface area contributed by atoms with Crippen LogP contribution in [0.2, 0.25) is 0 Å². The van der Waals surface area contributed by atoms with Crippen molar-refractivity contribution < 1.29 is 14.6 Å². The third-order valence-corrected chi connectivity index (χ3v) is 3.25. The summed E-state index contributed by atoms with van der Waals surface area (Å²) in [6, 6.07) is 5.03. The normalized spacial score (nSPS) is 10.5. The standard InChI is InChI=1S/C10H9NO3S/c1-14-10(13)9-8(11)7-5(12)3-2-4-6(7)15-9/h2-4,12H,11H2,1H3. The van der Waals surface area contributed by atoms with Gasteiger partial charge in [0.25, 0.3) is 0 Å². The van der Waals surface area contributed by atoms with Crippen LogP contribution in [0.1, 0.15) is 9.67 Å². The Morgan fingerprint density at radius 3 is 2.87 bits per heavy atom. The average molecular weight is 223 g/mol. The monoisotopic (exact) mass is 223 g/mol. The molecule has 0 unspecified atom stereocenters. The van der Waals surface area contributed by atoms with E-state index < -0.39 is 5.97 Å². The first-order chi connectivity index (χ1) is 7.15. The van der Waals surface area contributed by atoms with Crippen molar-refractivity contribution in [3.63, 3.8) is 0 Å². The second kappa shape index (κ2) is 3.43. The highest BCUT2D eigenvalue weighted by molar-refractivity contribution is 7.21. The zero-order chi connectivity index (χ0) is 11.0. The highest BCUT2D eigenvalue weighted by Gasteiger charge is 2.18. The summed E-state index contributed by atoms with van der Waals surface area (Å²) in [4.78, 5) is 11.7. The highest BCUT2D eigenvalue weighted by atomic mass is 32.1. The molecule has 78 valence electrons. The number of carbonyl (C=O) groups excluding carboxylic acids is 1. The Balaban J connectivity index is 2.75. The second-order valence-electron chi connectivity index (χ2n) is 2.99. The Bertz CT molecular complexity index is 533. The van der Waals surface area contributed by atoms with Crippen LogP contribution in [0, 0.1) is 0 Å². The quantitative estimate of drug-likeness (QED) is 0.725. The molecule has 0 amide bonds. The molecule has 5 heteroatoms. The van der Waals surface area contributed by atoms with Crippen LogP contribution in [0.15, 0.2) is 18.2 Å². The molecule has 0 spiro atoms. The number of rotatable bonds is 1. The van der Waals surface area contributed by atoms with Crippen LogP contribution >= 0.6 is 11.3 Å². The topological polar surface area (TPSA) is 72.5 Å². The Morgan fingerprint density at radius 2 is 2.27 bits per heavy atom. The van der Waals surface area contributed by atoms with Crippen LogP contribution in [-0.2, 0) is 4.74 Å². The van der Waals surface area contributed by atoms with Crippen LogP contribution < -0.4 is 5.73 Å². The maximum absolute atomic E-state index is 11.3. The number of hydrogen-bond acceptors (Lipinski definition) is 5. The van der Waals surface area contributed by atoms with Crippen molar-refractivity contribution in [2.45, 2.75) is 0 Å². The van der Waals surface area contributed by atoms with Gasteiger partial charge in [-0.2, -0.15) is 0 Å². The number of benzene rings is 1. The number of aromatic hydroxyl groups is 1. The van der Waals surface area contributed by atoms with Crippen molar-refractivity contribution in [2.75, 3.05) is 12.8 Å². The molecule has 0 atom stereocenters. The van der Waals surface area contributed by atoms with Gasteiger partial charge in [0.1, 0.15) is 10.6 Å². The van der Waals surface area contributed by atoms with Gasteiger partial charge in [0.05, 0.1) is 18.2 Å². The molecule has 1 aromatic heterocycles. The van der Waals surface area contributed by atoms with E-state index in [1.54, 1.807) is 12.1 Å². The van der Waals surface area contributed by atoms with Gasteiger partial charge in [-0.3, -0.25) is 0 Å². The lowest BCUT2D eigenvalue weighted by molar-refractivity contribution is 0.0607. The number of hydrogen-bond donors (Lipinski definition) is 2. The van der Waals surface area contributed by atoms with Crippen molar-refractivity contribution in [2.24, 2.45) is 0 Å². The molecule has 1 heterocycles. The van der Waals surface area contributed by atoms with Gasteiger partial charge in [-0.25, -0.2) is 4.79 Å². The molecule has 2 aromatic rings. The first-order valence-corrected chi connectivity index (χ1v) is 5.05. The van der Waals surface area contributed by atoms with Crippen LogP contribution in [0.5, 0.6) is 5.75 Å². The number of ether oxygens (including phenoxy) is 1. The fraction of sp³-hybridized carbons (Fsp3) is 0.100. The number of anilines is 1. The molecular formula is C10H9NO3S. The van der Waals surface area contributed by atoms with E-state index in [1.807, 2.05) is 0 Å². The number of phenols is 1. The largest absolute Gasteiger partial charge is 0.507 e. The summed E-state index contributed by atoms with van der Waals surface area (Å²) < 4.78 is 5.37. The van der Waals surface area contributed by atoms with Crippen molar-refractivity contribution >= 4 is 33.1 Å². The summed E-state index contributed by atoms with van der Waals surface area (Å²) in [7, 11) is 1.30. The lowest BCUT2D eigenvalue weighted by Gasteiger charge is -1.97. The zero-order valence-electron chi connectivity index (χ0n) is 7.98. The van der Waals surface area contributed by atoms with Gasteiger partial charge in [-0.1, -0.05) is 6.07 Å². The van der Waals surface area contributed by atoms with Gasteiger partial charge in [0.2, 0.25) is 0 Å². The maximum atomic E-state index is 11.3. The number of nitrogen functional groups attached to an aromatic ring is 1. The molecule has 0 radical (unpaired) electrons. The number of fused-ring (bicyclic) bond motifs is 1. The molecule has 0 fully saturated rings. The summed E-state index contributed by atoms with van der Waals surface area (Å²) in [5, 5.41) is 10.1. The van der Waals surface area contributed by atoms with Crippen molar-refractivity contribution in [1.29, 1.82) is 0 Å². The van der Waals surface area contributed by atoms with Crippen LogP contribution in [0.3, 0.4) is 0 Å². The van der Waals surface area contributed by atoms with Gasteiger partial charge in [-0.05, 0) is 12.1 Å². The fourth-order valence-corrected chi connectivity index (χ4v) is 2.46. The number of methoxy groups -OCH3 is 1. The van der Waals surface area contributed by atoms with E-state index >= 15 is 0 Å². The van der Waals surface area contributed by atoms with E-state index in [1.165, 1.54) is 24.5 Å². The summed E-state index contributed by atoms with van der Waals surface area (Å²) in [5.74, 6) is -0.399. The maximum Gasteiger partial charge on any atom is 0.350 e. The Morgan fingerprint density at radius 1 is 1.53 bits per heavy atom. The number of thiophene rings is 1. The summed E-state index contributed by atoms with van der Waals surface area (Å²) in [5.41, 5.74) is 6.04. The van der Waals surface area contributed by atoms with Gasteiger partial charge >= 0.3 is 5.97 Å². The second-order valence-corrected chi connectivity index (χ2v) is 4.04. The molecule has 4 nitrogen and oxygen atoms in total. The molecule has 2 rings (SSSR count). The van der Waals surface area contributed by atoms with Crippen molar-refractivity contribution in [3.8, 4) is 5.75 Å². The molecule has 15 heavy (non-hydrogen) atoms. The van der Waals surface area contributed by atoms with E-state index in [0.717, 1.165) is 4.70 Å².